The molecule has 0 fully saturated rings. The summed E-state index contributed by atoms with van der Waals surface area (Å²) in [5.41, 5.74) is 8.98. The maximum atomic E-state index is 12.7. The minimum absolute atomic E-state index is 0.146. The molecule has 3 rings (SSSR count). The standard InChI is InChI=1S/C17H18N2OS/c1-12(21-16-9-5-3-7-14(16)18)17(20)19-11-10-13-6-2-4-8-15(13)19/h2-9,12H,10-11,18H2,1H3. The monoisotopic (exact) mass is 298 g/mol. The number of carbonyl (C=O) groups is 1. The number of rotatable bonds is 3. The molecule has 0 bridgehead atoms. The van der Waals surface area contributed by atoms with E-state index < -0.39 is 0 Å². The highest BCUT2D eigenvalue weighted by Crippen LogP contribution is 2.33. The molecule has 3 nitrogen and oxygen atoms in total. The molecule has 2 N–H and O–H groups in total. The number of nitrogens with zero attached hydrogens (tertiary/aromatic N) is 1. The van der Waals surface area contributed by atoms with Crippen LogP contribution in [0.4, 0.5) is 11.4 Å². The van der Waals surface area contributed by atoms with Gasteiger partial charge in [-0.2, -0.15) is 0 Å². The molecule has 4 heteroatoms. The number of hydrogen-bond donors (Lipinski definition) is 1. The molecule has 21 heavy (non-hydrogen) atoms. The fraction of sp³-hybridized carbons (Fsp3) is 0.235. The van der Waals surface area contributed by atoms with E-state index >= 15 is 0 Å². The Bertz CT molecular complexity index is 671. The van der Waals surface area contributed by atoms with Crippen LogP contribution in [0, 0.1) is 0 Å². The number of fused-ring (bicyclic) bond motifs is 1. The third kappa shape index (κ3) is 2.76. The number of amides is 1. The summed E-state index contributed by atoms with van der Waals surface area (Å²) in [5.74, 6) is 0.146. The van der Waals surface area contributed by atoms with Crippen molar-refractivity contribution in [2.24, 2.45) is 0 Å². The average Bonchev–Trinajstić information content (AvgIpc) is 2.92. The molecule has 1 amide bonds. The van der Waals surface area contributed by atoms with Gasteiger partial charge in [-0.15, -0.1) is 11.8 Å². The largest absolute Gasteiger partial charge is 0.398 e. The molecule has 0 aromatic heterocycles. The van der Waals surface area contributed by atoms with E-state index in [-0.39, 0.29) is 11.2 Å². The van der Waals surface area contributed by atoms with Crippen LogP contribution in [-0.2, 0) is 11.2 Å². The molecule has 2 aromatic rings. The highest BCUT2D eigenvalue weighted by Gasteiger charge is 2.28. The zero-order chi connectivity index (χ0) is 14.8. The molecule has 0 aliphatic carbocycles. The number of anilines is 2. The molecule has 0 saturated carbocycles. The normalized spacial score (nSPS) is 14.8. The molecule has 1 unspecified atom stereocenters. The van der Waals surface area contributed by atoms with E-state index in [2.05, 4.69) is 6.07 Å². The van der Waals surface area contributed by atoms with Crippen LogP contribution in [0.15, 0.2) is 53.4 Å². The van der Waals surface area contributed by atoms with Crippen molar-refractivity contribution >= 4 is 29.0 Å². The van der Waals surface area contributed by atoms with Crippen LogP contribution in [0.2, 0.25) is 0 Å². The van der Waals surface area contributed by atoms with Gasteiger partial charge in [-0.25, -0.2) is 0 Å². The van der Waals surface area contributed by atoms with Crippen molar-refractivity contribution in [3.63, 3.8) is 0 Å². The second-order valence-electron chi connectivity index (χ2n) is 5.17. The Morgan fingerprint density at radius 3 is 2.71 bits per heavy atom. The maximum absolute atomic E-state index is 12.7. The number of nitrogens with two attached hydrogens (primary N) is 1. The van der Waals surface area contributed by atoms with Gasteiger partial charge in [0.15, 0.2) is 0 Å². The van der Waals surface area contributed by atoms with Crippen LogP contribution >= 0.6 is 11.8 Å². The van der Waals surface area contributed by atoms with Gasteiger partial charge in [0.2, 0.25) is 5.91 Å². The molecule has 0 radical (unpaired) electrons. The number of benzene rings is 2. The molecule has 2 aromatic carbocycles. The SMILES string of the molecule is CC(Sc1ccccc1N)C(=O)N1CCc2ccccc21. The average molecular weight is 298 g/mol. The molecular formula is C17H18N2OS. The first kappa shape index (κ1) is 14.0. The maximum Gasteiger partial charge on any atom is 0.240 e. The van der Waals surface area contributed by atoms with Gasteiger partial charge in [0.25, 0.3) is 0 Å². The van der Waals surface area contributed by atoms with Gasteiger partial charge in [0, 0.05) is 22.8 Å². The number of nitrogen functional groups attached to an aromatic ring is 1. The van der Waals surface area contributed by atoms with Gasteiger partial charge in [-0.05, 0) is 37.1 Å². The number of hydrogen-bond acceptors (Lipinski definition) is 3. The lowest BCUT2D eigenvalue weighted by molar-refractivity contribution is -0.117. The van der Waals surface area contributed by atoms with E-state index in [1.165, 1.54) is 17.3 Å². The van der Waals surface area contributed by atoms with Crippen LogP contribution in [0.3, 0.4) is 0 Å². The zero-order valence-corrected chi connectivity index (χ0v) is 12.8. The van der Waals surface area contributed by atoms with Crippen molar-refractivity contribution in [1.29, 1.82) is 0 Å². The van der Waals surface area contributed by atoms with Crippen LogP contribution in [0.1, 0.15) is 12.5 Å². The Morgan fingerprint density at radius 1 is 1.19 bits per heavy atom. The number of carbonyl (C=O) groups excluding carboxylic acids is 1. The highest BCUT2D eigenvalue weighted by molar-refractivity contribution is 8.00. The van der Waals surface area contributed by atoms with Gasteiger partial charge in [0.05, 0.1) is 5.25 Å². The number of thioether (sulfide) groups is 1. The third-order valence-corrected chi connectivity index (χ3v) is 4.90. The molecule has 1 heterocycles. The van der Waals surface area contributed by atoms with Gasteiger partial charge in [-0.1, -0.05) is 30.3 Å². The lowest BCUT2D eigenvalue weighted by atomic mass is 10.2. The Balaban J connectivity index is 1.76. The summed E-state index contributed by atoms with van der Waals surface area (Å²) in [4.78, 5) is 15.5. The predicted octanol–water partition coefficient (Wildman–Crippen LogP) is 3.34. The fourth-order valence-electron chi connectivity index (χ4n) is 2.62. The third-order valence-electron chi connectivity index (χ3n) is 3.72. The van der Waals surface area contributed by atoms with E-state index in [9.17, 15) is 4.79 Å². The first-order chi connectivity index (χ1) is 10.2. The molecule has 1 aliphatic heterocycles. The lowest BCUT2D eigenvalue weighted by Crippen LogP contribution is -2.35. The topological polar surface area (TPSA) is 46.3 Å². The van der Waals surface area contributed by atoms with Gasteiger partial charge in [-0.3, -0.25) is 4.79 Å². The summed E-state index contributed by atoms with van der Waals surface area (Å²) in [6.07, 6.45) is 0.937. The van der Waals surface area contributed by atoms with Crippen molar-refractivity contribution in [3.05, 3.63) is 54.1 Å². The van der Waals surface area contributed by atoms with E-state index in [0.29, 0.717) is 0 Å². The molecular weight excluding hydrogens is 280 g/mol. The Labute approximate surface area is 129 Å². The van der Waals surface area contributed by atoms with Crippen molar-refractivity contribution in [3.8, 4) is 0 Å². The van der Waals surface area contributed by atoms with Gasteiger partial charge in [0.1, 0.15) is 0 Å². The van der Waals surface area contributed by atoms with E-state index in [4.69, 9.17) is 5.73 Å². The van der Waals surface area contributed by atoms with Gasteiger partial charge < -0.3 is 10.6 Å². The van der Waals surface area contributed by atoms with E-state index in [1.807, 2.05) is 54.3 Å². The minimum atomic E-state index is -0.152. The second kappa shape index (κ2) is 5.82. The first-order valence-corrected chi connectivity index (χ1v) is 7.95. The molecule has 108 valence electrons. The molecule has 0 saturated heterocycles. The Hall–Kier alpha value is -1.94. The van der Waals surface area contributed by atoms with Crippen molar-refractivity contribution in [1.82, 2.24) is 0 Å². The summed E-state index contributed by atoms with van der Waals surface area (Å²) in [6.45, 7) is 2.72. The summed E-state index contributed by atoms with van der Waals surface area (Å²) in [5, 5.41) is -0.152. The summed E-state index contributed by atoms with van der Waals surface area (Å²) >= 11 is 1.52. The Kier molecular flexibility index (Phi) is 3.88. The minimum Gasteiger partial charge on any atom is -0.398 e. The Morgan fingerprint density at radius 2 is 1.90 bits per heavy atom. The van der Waals surface area contributed by atoms with Crippen LogP contribution in [-0.4, -0.2) is 17.7 Å². The first-order valence-electron chi connectivity index (χ1n) is 7.07. The van der Waals surface area contributed by atoms with E-state index in [0.717, 1.165) is 29.2 Å². The van der Waals surface area contributed by atoms with Crippen molar-refractivity contribution in [2.75, 3.05) is 17.2 Å². The smallest absolute Gasteiger partial charge is 0.240 e. The van der Waals surface area contributed by atoms with Crippen LogP contribution in [0.25, 0.3) is 0 Å². The van der Waals surface area contributed by atoms with Crippen molar-refractivity contribution < 1.29 is 4.79 Å². The summed E-state index contributed by atoms with van der Waals surface area (Å²) < 4.78 is 0. The zero-order valence-electron chi connectivity index (χ0n) is 12.0. The van der Waals surface area contributed by atoms with Crippen LogP contribution < -0.4 is 10.6 Å². The molecule has 1 aliphatic rings. The fourth-order valence-corrected chi connectivity index (χ4v) is 3.59. The van der Waals surface area contributed by atoms with Crippen LogP contribution in [0.5, 0.6) is 0 Å². The van der Waals surface area contributed by atoms with E-state index in [1.54, 1.807) is 0 Å². The van der Waals surface area contributed by atoms with Gasteiger partial charge >= 0.3 is 0 Å². The predicted molar refractivity (Wildman–Crippen MR) is 88.7 cm³/mol. The molecule has 0 spiro atoms. The quantitative estimate of drug-likeness (QED) is 0.698. The number of para-hydroxylation sites is 2. The summed E-state index contributed by atoms with van der Waals surface area (Å²) in [7, 11) is 0. The van der Waals surface area contributed by atoms with Crippen molar-refractivity contribution in [2.45, 2.75) is 23.5 Å². The highest BCUT2D eigenvalue weighted by atomic mass is 32.2. The second-order valence-corrected chi connectivity index (χ2v) is 6.55. The molecule has 1 atom stereocenters. The summed E-state index contributed by atoms with van der Waals surface area (Å²) in [6, 6.07) is 15.8. The lowest BCUT2D eigenvalue weighted by Gasteiger charge is -2.21.